The summed E-state index contributed by atoms with van der Waals surface area (Å²) in [5, 5.41) is 0. The highest BCUT2D eigenvalue weighted by atomic mass is 32.2. The van der Waals surface area contributed by atoms with E-state index in [1.54, 1.807) is 18.4 Å². The fourth-order valence-corrected chi connectivity index (χ4v) is 4.07. The topological polar surface area (TPSA) is 46.5 Å². The third kappa shape index (κ3) is 2.57. The Hall–Kier alpha value is -1.42. The Morgan fingerprint density at radius 2 is 1.57 bits per heavy atom. The molecule has 0 aliphatic carbocycles. The van der Waals surface area contributed by atoms with Crippen molar-refractivity contribution in [2.24, 2.45) is 4.99 Å². The Bertz CT molecular complexity index is 659. The minimum Gasteiger partial charge on any atom is -0.261 e. The molecule has 0 aromatic heterocycles. The third-order valence-electron chi connectivity index (χ3n) is 3.97. The van der Waals surface area contributed by atoms with Crippen molar-refractivity contribution in [3.63, 3.8) is 0 Å². The number of sulfone groups is 1. The van der Waals surface area contributed by atoms with Gasteiger partial charge in [-0.1, -0.05) is 45.9 Å². The summed E-state index contributed by atoms with van der Waals surface area (Å²) in [5.74, 6) is 0.475. The van der Waals surface area contributed by atoms with Crippen LogP contribution in [0.1, 0.15) is 56.2 Å². The summed E-state index contributed by atoms with van der Waals surface area (Å²) in [4.78, 5) is 3.10. The molecule has 0 bridgehead atoms. The lowest BCUT2D eigenvalue weighted by atomic mass is 9.85. The zero-order valence-corrected chi connectivity index (χ0v) is 14.1. The van der Waals surface area contributed by atoms with E-state index < -0.39 is 14.7 Å². The molecule has 1 aromatic carbocycles. The minimum absolute atomic E-state index is 0.238. The maximum atomic E-state index is 12.5. The Labute approximate surface area is 127 Å². The van der Waals surface area contributed by atoms with Crippen LogP contribution in [-0.2, 0) is 14.7 Å². The molecular formula is C17H23NO2S. The van der Waals surface area contributed by atoms with Crippen LogP contribution in [0.4, 0.5) is 0 Å². The maximum Gasteiger partial charge on any atom is 0.205 e. The molecule has 0 N–H and O–H groups in total. The average Bonchev–Trinajstić information content (AvgIpc) is 2.87. The third-order valence-corrected chi connectivity index (χ3v) is 5.55. The molecule has 1 unspecified atom stereocenters. The van der Waals surface area contributed by atoms with E-state index in [0.29, 0.717) is 0 Å². The molecule has 0 saturated carbocycles. The van der Waals surface area contributed by atoms with Gasteiger partial charge in [-0.2, -0.15) is 0 Å². The molecule has 1 aliphatic heterocycles. The van der Waals surface area contributed by atoms with Gasteiger partial charge in [0.05, 0.1) is 0 Å². The summed E-state index contributed by atoms with van der Waals surface area (Å²) in [6, 6.07) is 6.04. The summed E-state index contributed by atoms with van der Waals surface area (Å²) < 4.78 is 25.1. The number of rotatable bonds is 4. The van der Waals surface area contributed by atoms with Gasteiger partial charge in [0.15, 0.2) is 9.84 Å². The van der Waals surface area contributed by atoms with Crippen molar-refractivity contribution in [1.82, 2.24) is 0 Å². The molecule has 3 nitrogen and oxygen atoms in total. The number of benzene rings is 1. The summed E-state index contributed by atoms with van der Waals surface area (Å²) >= 11 is 0. The monoisotopic (exact) mass is 305 g/mol. The number of hydrogen-bond donors (Lipinski definition) is 0. The molecule has 1 atom stereocenters. The van der Waals surface area contributed by atoms with Crippen molar-refractivity contribution in [2.75, 3.05) is 6.26 Å². The molecule has 0 fully saturated rings. The smallest absolute Gasteiger partial charge is 0.205 e. The Morgan fingerprint density at radius 1 is 1.05 bits per heavy atom. The molecule has 0 amide bonds. The SMILES string of the molecule is CC(C)c1cccc(C(C)C)c1C1(S(C)(=O)=O)C=CC=N1. The van der Waals surface area contributed by atoms with E-state index in [-0.39, 0.29) is 11.8 Å². The van der Waals surface area contributed by atoms with Crippen molar-refractivity contribution < 1.29 is 8.42 Å². The molecule has 114 valence electrons. The van der Waals surface area contributed by atoms with E-state index in [1.807, 2.05) is 18.2 Å². The van der Waals surface area contributed by atoms with Crippen molar-refractivity contribution in [3.05, 3.63) is 47.0 Å². The standard InChI is InChI=1S/C17H23NO2S/c1-12(2)14-8-6-9-15(13(3)4)16(14)17(21(5,19)20)10-7-11-18-17/h6-13H,1-5H3. The number of aliphatic imine (C=N–C) groups is 1. The van der Waals surface area contributed by atoms with E-state index in [1.165, 1.54) is 6.26 Å². The molecule has 1 aliphatic rings. The van der Waals surface area contributed by atoms with Crippen LogP contribution in [0.15, 0.2) is 35.3 Å². The lowest BCUT2D eigenvalue weighted by Gasteiger charge is -2.30. The number of allylic oxidation sites excluding steroid dienone is 1. The first kappa shape index (κ1) is 16.0. The number of nitrogens with zero attached hydrogens (tertiary/aromatic N) is 1. The molecule has 0 radical (unpaired) electrons. The Kier molecular flexibility index (Phi) is 4.11. The van der Waals surface area contributed by atoms with Crippen LogP contribution in [0.5, 0.6) is 0 Å². The largest absolute Gasteiger partial charge is 0.261 e. The van der Waals surface area contributed by atoms with Gasteiger partial charge in [-0.15, -0.1) is 0 Å². The van der Waals surface area contributed by atoms with Crippen LogP contribution >= 0.6 is 0 Å². The molecule has 1 heterocycles. The van der Waals surface area contributed by atoms with E-state index >= 15 is 0 Å². The van der Waals surface area contributed by atoms with Crippen LogP contribution in [0.25, 0.3) is 0 Å². The quantitative estimate of drug-likeness (QED) is 0.850. The summed E-state index contributed by atoms with van der Waals surface area (Å²) in [7, 11) is -3.41. The predicted octanol–water partition coefficient (Wildman–Crippen LogP) is 3.77. The number of hydrogen-bond acceptors (Lipinski definition) is 3. The lowest BCUT2D eigenvalue weighted by Crippen LogP contribution is -2.32. The Balaban J connectivity index is 2.89. The van der Waals surface area contributed by atoms with Gasteiger partial charge < -0.3 is 0 Å². The van der Waals surface area contributed by atoms with Gasteiger partial charge in [0, 0.05) is 18.0 Å². The maximum absolute atomic E-state index is 12.5. The molecule has 2 rings (SSSR count). The van der Waals surface area contributed by atoms with Gasteiger partial charge in [-0.05, 0) is 35.1 Å². The van der Waals surface area contributed by atoms with Gasteiger partial charge >= 0.3 is 0 Å². The molecular weight excluding hydrogens is 282 g/mol. The van der Waals surface area contributed by atoms with Crippen molar-refractivity contribution >= 4 is 16.1 Å². The van der Waals surface area contributed by atoms with Crippen LogP contribution < -0.4 is 0 Å². The fraction of sp³-hybridized carbons (Fsp3) is 0.471. The molecule has 21 heavy (non-hydrogen) atoms. The highest BCUT2D eigenvalue weighted by Gasteiger charge is 2.44. The second-order valence-electron chi connectivity index (χ2n) is 6.23. The molecule has 1 aromatic rings. The lowest BCUT2D eigenvalue weighted by molar-refractivity contribution is 0.567. The van der Waals surface area contributed by atoms with Gasteiger partial charge in [-0.25, -0.2) is 8.42 Å². The van der Waals surface area contributed by atoms with Gasteiger partial charge in [0.1, 0.15) is 0 Å². The molecule has 4 heteroatoms. The van der Waals surface area contributed by atoms with Crippen LogP contribution in [0.3, 0.4) is 0 Å². The zero-order chi connectivity index (χ0) is 15.8. The van der Waals surface area contributed by atoms with E-state index in [2.05, 4.69) is 32.7 Å². The predicted molar refractivity (Wildman–Crippen MR) is 88.8 cm³/mol. The Morgan fingerprint density at radius 3 is 1.90 bits per heavy atom. The van der Waals surface area contributed by atoms with Gasteiger partial charge in [0.2, 0.25) is 4.87 Å². The molecule has 0 spiro atoms. The highest BCUT2D eigenvalue weighted by molar-refractivity contribution is 7.91. The fourth-order valence-electron chi connectivity index (χ4n) is 2.89. The van der Waals surface area contributed by atoms with Crippen molar-refractivity contribution in [2.45, 2.75) is 44.4 Å². The summed E-state index contributed by atoms with van der Waals surface area (Å²) in [5.41, 5.74) is 2.94. The van der Waals surface area contributed by atoms with Crippen molar-refractivity contribution in [1.29, 1.82) is 0 Å². The van der Waals surface area contributed by atoms with E-state index in [0.717, 1.165) is 16.7 Å². The zero-order valence-electron chi connectivity index (χ0n) is 13.3. The van der Waals surface area contributed by atoms with Crippen LogP contribution in [0.2, 0.25) is 0 Å². The van der Waals surface area contributed by atoms with Gasteiger partial charge in [0.25, 0.3) is 0 Å². The molecule has 0 saturated heterocycles. The normalized spacial score (nSPS) is 21.7. The van der Waals surface area contributed by atoms with Crippen molar-refractivity contribution in [3.8, 4) is 0 Å². The average molecular weight is 305 g/mol. The second kappa shape index (κ2) is 5.41. The highest BCUT2D eigenvalue weighted by Crippen LogP contribution is 2.43. The first-order valence-electron chi connectivity index (χ1n) is 7.26. The minimum atomic E-state index is -3.41. The second-order valence-corrected chi connectivity index (χ2v) is 8.39. The van der Waals surface area contributed by atoms with Crippen LogP contribution in [-0.4, -0.2) is 20.9 Å². The van der Waals surface area contributed by atoms with E-state index in [9.17, 15) is 8.42 Å². The first-order chi connectivity index (χ1) is 9.71. The van der Waals surface area contributed by atoms with Gasteiger partial charge in [-0.3, -0.25) is 4.99 Å². The first-order valence-corrected chi connectivity index (χ1v) is 9.16. The van der Waals surface area contributed by atoms with E-state index in [4.69, 9.17) is 0 Å². The van der Waals surface area contributed by atoms with Crippen LogP contribution in [0, 0.1) is 0 Å². The summed E-state index contributed by atoms with van der Waals surface area (Å²) in [6.07, 6.45) is 6.28. The summed E-state index contributed by atoms with van der Waals surface area (Å²) in [6.45, 7) is 8.34.